The van der Waals surface area contributed by atoms with Crippen LogP contribution in [0, 0.1) is 0 Å². The summed E-state index contributed by atoms with van der Waals surface area (Å²) in [6.45, 7) is 6.48. The lowest BCUT2D eigenvalue weighted by Crippen LogP contribution is -2.30. The summed E-state index contributed by atoms with van der Waals surface area (Å²) in [5, 5.41) is 0. The molecule has 0 heterocycles. The first-order valence-electron chi connectivity index (χ1n) is 32.7. The van der Waals surface area contributed by atoms with Crippen molar-refractivity contribution in [3.05, 3.63) is 134 Å². The highest BCUT2D eigenvalue weighted by atomic mass is 16.6. The fourth-order valence-corrected chi connectivity index (χ4v) is 8.76. The van der Waals surface area contributed by atoms with E-state index in [1.54, 1.807) is 0 Å². The molecule has 79 heavy (non-hydrogen) atoms. The molecular weight excluding hydrogens is 973 g/mol. The Morgan fingerprint density at radius 2 is 0.494 bits per heavy atom. The van der Waals surface area contributed by atoms with E-state index in [4.69, 9.17) is 14.2 Å². The Bertz CT molecular complexity index is 1680. The maximum absolute atomic E-state index is 12.9. The van der Waals surface area contributed by atoms with Crippen molar-refractivity contribution in [2.24, 2.45) is 0 Å². The third-order valence-electron chi connectivity index (χ3n) is 13.6. The molecule has 0 aliphatic rings. The van der Waals surface area contributed by atoms with Crippen LogP contribution in [0.5, 0.6) is 0 Å². The van der Waals surface area contributed by atoms with Crippen molar-refractivity contribution in [3.8, 4) is 0 Å². The maximum atomic E-state index is 12.9. The van der Waals surface area contributed by atoms with Crippen molar-refractivity contribution in [3.63, 3.8) is 0 Å². The van der Waals surface area contributed by atoms with Gasteiger partial charge in [-0.15, -0.1) is 0 Å². The molecule has 6 heteroatoms. The molecule has 0 amide bonds. The number of hydrogen-bond donors (Lipinski definition) is 0. The molecule has 0 bridgehead atoms. The van der Waals surface area contributed by atoms with E-state index < -0.39 is 6.10 Å². The lowest BCUT2D eigenvalue weighted by atomic mass is 10.0. The maximum Gasteiger partial charge on any atom is 0.306 e. The monoisotopic (exact) mass is 1090 g/mol. The van der Waals surface area contributed by atoms with Crippen molar-refractivity contribution < 1.29 is 28.6 Å². The molecule has 0 aromatic rings. The molecule has 0 fully saturated rings. The van der Waals surface area contributed by atoms with Crippen LogP contribution in [0.1, 0.15) is 290 Å². The SMILES string of the molecule is CC/C=C\C/C=C\C/C=C\C/C=C\C/C=C\C/C=C\C/C=C\C/C=C\C/C=C\C/C=C\CCCCC(=O)OCC(COC(=O)CCCCCCC/C=C\CCCCCC)OC(=O)CCCCCCCCCCCCCCCCC. The summed E-state index contributed by atoms with van der Waals surface area (Å²) >= 11 is 0. The standard InChI is InChI=1S/C73H120O6/c1-4-7-10-13-16-19-22-25-27-28-29-30-31-32-33-34-35-36-37-38-39-40-41-42-43-44-46-48-51-54-57-60-63-66-72(75)78-69-70(68-77-71(74)65-62-59-56-53-50-47-24-21-18-15-12-9-6-3)79-73(76)67-64-61-58-55-52-49-45-26-23-20-17-14-11-8-5-2/h7,10,16,19,21,24-25,27,29-30,32-33,35-36,38-39,41-42,44,46,51,54,70H,4-6,8-9,11-15,17-18,20,22-23,26,28,31,34,37,40,43,45,47-50,52-53,55-69H2,1-3H3/b10-7-,19-16-,24-21-,27-25-,30-29-,33-32-,36-35-,39-38-,42-41-,46-44-,54-51-. The number of allylic oxidation sites excluding steroid dienone is 22. The molecule has 0 aromatic carbocycles. The van der Waals surface area contributed by atoms with Gasteiger partial charge in [0, 0.05) is 19.3 Å². The van der Waals surface area contributed by atoms with E-state index in [0.29, 0.717) is 25.7 Å². The summed E-state index contributed by atoms with van der Waals surface area (Å²) in [5.74, 6) is -0.946. The van der Waals surface area contributed by atoms with Crippen LogP contribution in [0.4, 0.5) is 0 Å². The summed E-state index contributed by atoms with van der Waals surface area (Å²) in [5.41, 5.74) is 0. The molecule has 0 aliphatic heterocycles. The quantitative estimate of drug-likeness (QED) is 0.0261. The van der Waals surface area contributed by atoms with Crippen LogP contribution >= 0.6 is 0 Å². The number of unbranched alkanes of at least 4 members (excludes halogenated alkanes) is 25. The van der Waals surface area contributed by atoms with Crippen LogP contribution < -0.4 is 0 Å². The molecule has 0 spiro atoms. The smallest absolute Gasteiger partial charge is 0.306 e. The third kappa shape index (κ3) is 64.3. The highest BCUT2D eigenvalue weighted by Gasteiger charge is 2.19. The largest absolute Gasteiger partial charge is 0.462 e. The van der Waals surface area contributed by atoms with Gasteiger partial charge in [0.25, 0.3) is 0 Å². The fraction of sp³-hybridized carbons (Fsp3) is 0.658. The zero-order chi connectivity index (χ0) is 57.1. The fourth-order valence-electron chi connectivity index (χ4n) is 8.76. The highest BCUT2D eigenvalue weighted by Crippen LogP contribution is 2.16. The molecular formula is C73H120O6. The molecule has 0 aromatic heterocycles. The van der Waals surface area contributed by atoms with Gasteiger partial charge in [0.15, 0.2) is 6.10 Å². The van der Waals surface area contributed by atoms with E-state index >= 15 is 0 Å². The minimum absolute atomic E-state index is 0.0966. The normalized spacial score (nSPS) is 13.0. The molecule has 0 aliphatic carbocycles. The van der Waals surface area contributed by atoms with E-state index in [9.17, 15) is 14.4 Å². The molecule has 0 N–H and O–H groups in total. The number of hydrogen-bond acceptors (Lipinski definition) is 6. The molecule has 0 saturated carbocycles. The van der Waals surface area contributed by atoms with Gasteiger partial charge in [-0.25, -0.2) is 0 Å². The third-order valence-corrected chi connectivity index (χ3v) is 13.6. The summed E-state index contributed by atoms with van der Waals surface area (Å²) in [4.78, 5) is 38.2. The Hall–Kier alpha value is -4.45. The van der Waals surface area contributed by atoms with Crippen LogP contribution in [-0.2, 0) is 28.6 Å². The van der Waals surface area contributed by atoms with Gasteiger partial charge < -0.3 is 14.2 Å². The number of ether oxygens (including phenoxy) is 3. The van der Waals surface area contributed by atoms with Crippen molar-refractivity contribution in [1.82, 2.24) is 0 Å². The van der Waals surface area contributed by atoms with Gasteiger partial charge in [0.05, 0.1) is 0 Å². The second-order valence-electron chi connectivity index (χ2n) is 21.3. The Balaban J connectivity index is 4.36. The summed E-state index contributed by atoms with van der Waals surface area (Å²) in [7, 11) is 0. The molecule has 1 atom stereocenters. The highest BCUT2D eigenvalue weighted by molar-refractivity contribution is 5.71. The number of carbonyl (C=O) groups excluding carboxylic acids is 3. The van der Waals surface area contributed by atoms with Gasteiger partial charge in [-0.1, -0.05) is 283 Å². The molecule has 1 unspecified atom stereocenters. The van der Waals surface area contributed by atoms with E-state index in [0.717, 1.165) is 128 Å². The number of rotatable bonds is 58. The predicted molar refractivity (Wildman–Crippen MR) is 343 cm³/mol. The van der Waals surface area contributed by atoms with Crippen LogP contribution in [0.15, 0.2) is 134 Å². The van der Waals surface area contributed by atoms with E-state index in [1.165, 1.54) is 116 Å². The van der Waals surface area contributed by atoms with E-state index in [2.05, 4.69) is 154 Å². The van der Waals surface area contributed by atoms with Gasteiger partial charge >= 0.3 is 17.9 Å². The average Bonchev–Trinajstić information content (AvgIpc) is 3.45. The van der Waals surface area contributed by atoms with Gasteiger partial charge in [-0.3, -0.25) is 14.4 Å². The van der Waals surface area contributed by atoms with Crippen molar-refractivity contribution in [2.45, 2.75) is 297 Å². The first kappa shape index (κ1) is 74.5. The zero-order valence-electron chi connectivity index (χ0n) is 51.3. The molecule has 0 saturated heterocycles. The van der Waals surface area contributed by atoms with Crippen LogP contribution in [0.2, 0.25) is 0 Å². The minimum atomic E-state index is -0.802. The Morgan fingerprint density at radius 3 is 0.823 bits per heavy atom. The van der Waals surface area contributed by atoms with Gasteiger partial charge in [0.2, 0.25) is 0 Å². The Morgan fingerprint density at radius 1 is 0.266 bits per heavy atom. The first-order valence-corrected chi connectivity index (χ1v) is 32.7. The molecule has 0 rings (SSSR count). The Labute approximate surface area is 487 Å². The molecule has 0 radical (unpaired) electrons. The number of esters is 3. The number of carbonyl (C=O) groups is 3. The van der Waals surface area contributed by atoms with Gasteiger partial charge in [0.1, 0.15) is 13.2 Å². The van der Waals surface area contributed by atoms with Crippen molar-refractivity contribution in [1.29, 1.82) is 0 Å². The molecule has 6 nitrogen and oxygen atoms in total. The lowest BCUT2D eigenvalue weighted by Gasteiger charge is -2.18. The Kier molecular flexibility index (Phi) is 62.3. The van der Waals surface area contributed by atoms with Crippen LogP contribution in [0.25, 0.3) is 0 Å². The van der Waals surface area contributed by atoms with E-state index in [1.807, 2.05) is 0 Å². The lowest BCUT2D eigenvalue weighted by molar-refractivity contribution is -0.167. The van der Waals surface area contributed by atoms with Gasteiger partial charge in [-0.2, -0.15) is 0 Å². The zero-order valence-corrected chi connectivity index (χ0v) is 51.3. The second kappa shape index (κ2) is 66.1. The van der Waals surface area contributed by atoms with Crippen LogP contribution in [0.3, 0.4) is 0 Å². The molecule has 448 valence electrons. The minimum Gasteiger partial charge on any atom is -0.462 e. The average molecular weight is 1090 g/mol. The summed E-state index contributed by atoms with van der Waals surface area (Å²) < 4.78 is 16.9. The topological polar surface area (TPSA) is 78.9 Å². The van der Waals surface area contributed by atoms with E-state index in [-0.39, 0.29) is 31.1 Å². The first-order chi connectivity index (χ1) is 39.0. The van der Waals surface area contributed by atoms with Crippen molar-refractivity contribution in [2.75, 3.05) is 13.2 Å². The van der Waals surface area contributed by atoms with Crippen molar-refractivity contribution >= 4 is 17.9 Å². The van der Waals surface area contributed by atoms with Gasteiger partial charge in [-0.05, 0) is 122 Å². The summed E-state index contributed by atoms with van der Waals surface area (Å²) in [6, 6.07) is 0. The second-order valence-corrected chi connectivity index (χ2v) is 21.3. The van der Waals surface area contributed by atoms with Crippen LogP contribution in [-0.4, -0.2) is 37.2 Å². The summed E-state index contributed by atoms with van der Waals surface area (Å²) in [6.07, 6.45) is 93.2. The predicted octanol–water partition coefficient (Wildman–Crippen LogP) is 22.5.